The van der Waals surface area contributed by atoms with Crippen molar-refractivity contribution in [3.05, 3.63) is 18.0 Å². The molecule has 1 amide bonds. The Hall–Kier alpha value is -1.89. The van der Waals surface area contributed by atoms with E-state index in [1.54, 1.807) is 6.20 Å². The number of nitrogens with one attached hydrogen (secondary N) is 1. The summed E-state index contributed by atoms with van der Waals surface area (Å²) in [4.78, 5) is 24.2. The van der Waals surface area contributed by atoms with E-state index in [0.29, 0.717) is 12.1 Å². The van der Waals surface area contributed by atoms with Gasteiger partial charge in [0.2, 0.25) is 0 Å². The van der Waals surface area contributed by atoms with E-state index in [9.17, 15) is 9.59 Å². The molecule has 0 bridgehead atoms. The predicted octanol–water partition coefficient (Wildman–Crippen LogP) is 0.0393. The number of hydrogen-bond acceptors (Lipinski definition) is 4. The highest BCUT2D eigenvalue weighted by molar-refractivity contribution is 5.93. The van der Waals surface area contributed by atoms with Gasteiger partial charge in [-0.1, -0.05) is 0 Å². The highest BCUT2D eigenvalue weighted by atomic mass is 16.4. The van der Waals surface area contributed by atoms with Gasteiger partial charge in [0.05, 0.1) is 24.7 Å². The first-order valence-electron chi connectivity index (χ1n) is 6.16. The van der Waals surface area contributed by atoms with Crippen molar-refractivity contribution in [2.45, 2.75) is 19.4 Å². The maximum Gasteiger partial charge on any atom is 0.305 e. The Balaban J connectivity index is 2.34. The predicted molar refractivity (Wildman–Crippen MR) is 70.0 cm³/mol. The Bertz CT molecular complexity index is 428. The SMILES string of the molecule is CN(C)CCCNC(=O)c1cnn(CCC(=O)O)c1. The van der Waals surface area contributed by atoms with Gasteiger partial charge in [0, 0.05) is 12.7 Å². The van der Waals surface area contributed by atoms with Gasteiger partial charge in [-0.3, -0.25) is 14.3 Å². The molecule has 0 saturated heterocycles. The number of carboxylic acids is 1. The number of carbonyl (C=O) groups is 2. The van der Waals surface area contributed by atoms with Gasteiger partial charge in [0.15, 0.2) is 0 Å². The Morgan fingerprint density at radius 1 is 1.47 bits per heavy atom. The number of nitrogens with zero attached hydrogens (tertiary/aromatic N) is 3. The highest BCUT2D eigenvalue weighted by Crippen LogP contribution is 1.99. The molecule has 1 aromatic rings. The molecule has 0 aliphatic rings. The van der Waals surface area contributed by atoms with Gasteiger partial charge in [-0.25, -0.2) is 0 Å². The number of carboxylic acid groups (broad SMARTS) is 1. The van der Waals surface area contributed by atoms with Gasteiger partial charge < -0.3 is 15.3 Å². The van der Waals surface area contributed by atoms with Crippen molar-refractivity contribution in [2.24, 2.45) is 0 Å². The van der Waals surface area contributed by atoms with E-state index in [1.165, 1.54) is 10.9 Å². The average Bonchev–Trinajstić information content (AvgIpc) is 2.80. The van der Waals surface area contributed by atoms with Crippen molar-refractivity contribution in [2.75, 3.05) is 27.2 Å². The molecular formula is C12H20N4O3. The molecular weight excluding hydrogens is 248 g/mol. The lowest BCUT2D eigenvalue weighted by Crippen LogP contribution is -2.26. The van der Waals surface area contributed by atoms with Crippen LogP contribution in [0.3, 0.4) is 0 Å². The van der Waals surface area contributed by atoms with Crippen molar-refractivity contribution < 1.29 is 14.7 Å². The molecule has 0 aliphatic carbocycles. The summed E-state index contributed by atoms with van der Waals surface area (Å²) in [7, 11) is 3.96. The maximum absolute atomic E-state index is 11.7. The van der Waals surface area contributed by atoms with Crippen molar-refractivity contribution in [3.8, 4) is 0 Å². The lowest BCUT2D eigenvalue weighted by atomic mass is 10.3. The van der Waals surface area contributed by atoms with Gasteiger partial charge >= 0.3 is 5.97 Å². The number of carbonyl (C=O) groups excluding carboxylic acids is 1. The van der Waals surface area contributed by atoms with Crippen LogP contribution in [0.2, 0.25) is 0 Å². The molecule has 106 valence electrons. The van der Waals surface area contributed by atoms with Crippen LogP contribution in [0.5, 0.6) is 0 Å². The van der Waals surface area contributed by atoms with Crippen LogP contribution in [-0.2, 0) is 11.3 Å². The zero-order chi connectivity index (χ0) is 14.3. The van der Waals surface area contributed by atoms with Crippen molar-refractivity contribution in [1.29, 1.82) is 0 Å². The largest absolute Gasteiger partial charge is 0.481 e. The molecule has 1 aromatic heterocycles. The van der Waals surface area contributed by atoms with E-state index < -0.39 is 5.97 Å². The number of aromatic nitrogens is 2. The summed E-state index contributed by atoms with van der Waals surface area (Å²) in [5.41, 5.74) is 0.454. The first-order valence-corrected chi connectivity index (χ1v) is 6.16. The quantitative estimate of drug-likeness (QED) is 0.650. The number of aryl methyl sites for hydroxylation is 1. The Kier molecular flexibility index (Phi) is 6.01. The van der Waals surface area contributed by atoms with Crippen molar-refractivity contribution in [3.63, 3.8) is 0 Å². The monoisotopic (exact) mass is 268 g/mol. The number of amides is 1. The van der Waals surface area contributed by atoms with Crippen LogP contribution < -0.4 is 5.32 Å². The van der Waals surface area contributed by atoms with E-state index in [2.05, 4.69) is 15.3 Å². The molecule has 0 radical (unpaired) electrons. The third kappa shape index (κ3) is 6.01. The molecule has 0 saturated carbocycles. The highest BCUT2D eigenvalue weighted by Gasteiger charge is 2.08. The fourth-order valence-electron chi connectivity index (χ4n) is 1.51. The summed E-state index contributed by atoms with van der Waals surface area (Å²) < 4.78 is 1.46. The summed E-state index contributed by atoms with van der Waals surface area (Å²) in [5.74, 6) is -1.06. The molecule has 7 heteroatoms. The summed E-state index contributed by atoms with van der Waals surface area (Å²) in [5, 5.41) is 15.3. The number of hydrogen-bond donors (Lipinski definition) is 2. The standard InChI is InChI=1S/C12H20N4O3/c1-15(2)6-3-5-13-12(19)10-8-14-16(9-10)7-4-11(17)18/h8-9H,3-7H2,1-2H3,(H,13,19)(H,17,18). The van der Waals surface area contributed by atoms with Crippen LogP contribution in [0.15, 0.2) is 12.4 Å². The Labute approximate surface area is 112 Å². The minimum Gasteiger partial charge on any atom is -0.481 e. The third-order valence-electron chi connectivity index (χ3n) is 2.52. The minimum atomic E-state index is -0.884. The molecule has 0 fully saturated rings. The van der Waals surface area contributed by atoms with Gasteiger partial charge in [0.1, 0.15) is 0 Å². The van der Waals surface area contributed by atoms with Gasteiger partial charge in [-0.05, 0) is 27.1 Å². The second-order valence-corrected chi connectivity index (χ2v) is 4.55. The minimum absolute atomic E-state index is 0.00836. The van der Waals surface area contributed by atoms with E-state index in [0.717, 1.165) is 13.0 Å². The summed E-state index contributed by atoms with van der Waals surface area (Å²) >= 11 is 0. The summed E-state index contributed by atoms with van der Waals surface area (Å²) in [6, 6.07) is 0. The molecule has 19 heavy (non-hydrogen) atoms. The average molecular weight is 268 g/mol. The van der Waals surface area contributed by atoms with E-state index in [1.807, 2.05) is 14.1 Å². The van der Waals surface area contributed by atoms with Crippen molar-refractivity contribution >= 4 is 11.9 Å². The lowest BCUT2D eigenvalue weighted by Gasteiger charge is -2.09. The van der Waals surface area contributed by atoms with E-state index in [-0.39, 0.29) is 18.9 Å². The van der Waals surface area contributed by atoms with Gasteiger partial charge in [-0.15, -0.1) is 0 Å². The molecule has 7 nitrogen and oxygen atoms in total. The molecule has 1 heterocycles. The number of aliphatic carboxylic acids is 1. The van der Waals surface area contributed by atoms with Crippen LogP contribution >= 0.6 is 0 Å². The fourth-order valence-corrected chi connectivity index (χ4v) is 1.51. The summed E-state index contributed by atoms with van der Waals surface area (Å²) in [6.07, 6.45) is 3.88. The topological polar surface area (TPSA) is 87.5 Å². The van der Waals surface area contributed by atoms with Crippen LogP contribution in [-0.4, -0.2) is 58.8 Å². The van der Waals surface area contributed by atoms with Crippen molar-refractivity contribution in [1.82, 2.24) is 20.0 Å². The van der Waals surface area contributed by atoms with Crippen LogP contribution in [0.4, 0.5) is 0 Å². The Morgan fingerprint density at radius 2 is 2.21 bits per heavy atom. The van der Waals surface area contributed by atoms with E-state index >= 15 is 0 Å². The normalized spacial score (nSPS) is 10.7. The molecule has 0 aliphatic heterocycles. The van der Waals surface area contributed by atoms with Gasteiger partial charge in [-0.2, -0.15) is 5.10 Å². The van der Waals surface area contributed by atoms with E-state index in [4.69, 9.17) is 5.11 Å². The molecule has 0 spiro atoms. The third-order valence-corrected chi connectivity index (χ3v) is 2.52. The Morgan fingerprint density at radius 3 is 2.84 bits per heavy atom. The first-order chi connectivity index (χ1) is 8.99. The first kappa shape index (κ1) is 15.2. The van der Waals surface area contributed by atoms with Crippen LogP contribution in [0, 0.1) is 0 Å². The maximum atomic E-state index is 11.7. The van der Waals surface area contributed by atoms with Crippen LogP contribution in [0.25, 0.3) is 0 Å². The molecule has 1 rings (SSSR count). The second-order valence-electron chi connectivity index (χ2n) is 4.55. The molecule has 0 atom stereocenters. The molecule has 2 N–H and O–H groups in total. The fraction of sp³-hybridized carbons (Fsp3) is 0.583. The number of rotatable bonds is 8. The second kappa shape index (κ2) is 7.52. The smallest absolute Gasteiger partial charge is 0.305 e. The zero-order valence-corrected chi connectivity index (χ0v) is 11.3. The van der Waals surface area contributed by atoms with Gasteiger partial charge in [0.25, 0.3) is 5.91 Å². The van der Waals surface area contributed by atoms with Crippen LogP contribution in [0.1, 0.15) is 23.2 Å². The zero-order valence-electron chi connectivity index (χ0n) is 11.3. The molecule has 0 unspecified atom stereocenters. The summed E-state index contributed by atoms with van der Waals surface area (Å²) in [6.45, 7) is 1.79. The lowest BCUT2D eigenvalue weighted by molar-refractivity contribution is -0.137. The molecule has 0 aromatic carbocycles.